The molecule has 1 nitrogen and oxygen atoms in total. The van der Waals surface area contributed by atoms with Gasteiger partial charge in [-0.05, 0) is 32.0 Å². The molecule has 2 atom stereocenters. The van der Waals surface area contributed by atoms with Crippen molar-refractivity contribution >= 4 is 93.0 Å². The summed E-state index contributed by atoms with van der Waals surface area (Å²) in [5.41, 5.74) is 2.56. The zero-order chi connectivity index (χ0) is 17.4. The molecule has 0 fully saturated rings. The molecule has 0 aliphatic carbocycles. The standard InChI is InChI=1S/C14H14NS8/c1-9(11-7-5-4-6-8-11)13-15-10(2)12(21-13)14(3,22(16)17)23(18,19)20/h4-8,12H,1-2H2,3H3,(H,18,19,20)/q-1/t12-,14?/m1/s1. The zero-order valence-corrected chi connectivity index (χ0v) is 18.7. The van der Waals surface area contributed by atoms with Crippen LogP contribution in [0.25, 0.3) is 5.57 Å². The summed E-state index contributed by atoms with van der Waals surface area (Å²) in [6.07, 6.45) is -2.11. The van der Waals surface area contributed by atoms with Crippen LogP contribution in [0.4, 0.5) is 0 Å². The Hall–Kier alpha value is 0.650. The minimum atomic E-state index is -2.11. The fourth-order valence-electron chi connectivity index (χ4n) is 2.01. The molecule has 0 amide bonds. The topological polar surface area (TPSA) is 12.4 Å². The molecule has 0 saturated heterocycles. The summed E-state index contributed by atoms with van der Waals surface area (Å²) in [6, 6.07) is 9.90. The maximum Gasteiger partial charge on any atom is 0.104 e. The van der Waals surface area contributed by atoms with Gasteiger partial charge in [0, 0.05) is 11.3 Å². The second-order valence-corrected chi connectivity index (χ2v) is 18.8. The predicted molar refractivity (Wildman–Crippen MR) is 125 cm³/mol. The Kier molecular flexibility index (Phi) is 6.50. The molecule has 2 rings (SSSR count). The van der Waals surface area contributed by atoms with E-state index in [4.69, 9.17) is 44.8 Å². The highest BCUT2D eigenvalue weighted by Gasteiger charge is 2.39. The predicted octanol–water partition coefficient (Wildman–Crippen LogP) is 3.91. The van der Waals surface area contributed by atoms with Gasteiger partial charge in [0.05, 0.1) is 5.25 Å². The van der Waals surface area contributed by atoms with Crippen molar-refractivity contribution < 1.29 is 0 Å². The number of aliphatic imine (C=N–C) groups is 1. The Bertz CT molecular complexity index is 855. The highest BCUT2D eigenvalue weighted by molar-refractivity contribution is 8.95. The van der Waals surface area contributed by atoms with Gasteiger partial charge in [-0.25, -0.2) is 4.99 Å². The van der Waals surface area contributed by atoms with Crippen LogP contribution < -0.4 is 0 Å². The van der Waals surface area contributed by atoms with Gasteiger partial charge in [-0.15, -0.1) is 11.7 Å². The van der Waals surface area contributed by atoms with E-state index >= 15 is 0 Å². The average Bonchev–Trinajstić information content (AvgIpc) is 2.87. The van der Waals surface area contributed by atoms with Gasteiger partial charge in [-0.3, -0.25) is 22.4 Å². The van der Waals surface area contributed by atoms with E-state index in [2.05, 4.69) is 29.8 Å². The molecule has 1 aliphatic heterocycles. The Morgan fingerprint density at radius 3 is 2.39 bits per heavy atom. The SMILES string of the molecule is C=C(C1=NC(=C)[C@H](C(C)([S-](=S)=S)S(=S)(=S)S)S1)c1ccccc1. The molecule has 1 heterocycles. The van der Waals surface area contributed by atoms with Crippen molar-refractivity contribution in [3.8, 4) is 0 Å². The fourth-order valence-corrected chi connectivity index (χ4v) is 14.1. The summed E-state index contributed by atoms with van der Waals surface area (Å²) in [5, 5.41) is 0.661. The molecule has 0 aromatic heterocycles. The van der Waals surface area contributed by atoms with E-state index in [1.54, 1.807) is 11.8 Å². The Morgan fingerprint density at radius 2 is 1.91 bits per heavy atom. The number of rotatable bonds is 5. The molecular formula is C14H14NS8-. The molecule has 0 radical (unpaired) electrons. The highest BCUT2D eigenvalue weighted by Crippen LogP contribution is 2.45. The molecule has 0 saturated carbocycles. The van der Waals surface area contributed by atoms with E-state index in [1.807, 2.05) is 37.3 Å². The quantitative estimate of drug-likeness (QED) is 0.412. The van der Waals surface area contributed by atoms with E-state index in [9.17, 15) is 0 Å². The van der Waals surface area contributed by atoms with Crippen LogP contribution in [0.2, 0.25) is 0 Å². The van der Waals surface area contributed by atoms with Crippen LogP contribution in [0, 0.1) is 0 Å². The van der Waals surface area contributed by atoms with Gasteiger partial charge in [0.25, 0.3) is 0 Å². The Labute approximate surface area is 167 Å². The summed E-state index contributed by atoms with van der Waals surface area (Å²) in [5.74, 6) is 0. The number of hydrogen-bond donors (Lipinski definition) is 1. The summed E-state index contributed by atoms with van der Waals surface area (Å²) in [4.78, 5) is 4.59. The fraction of sp³-hybridized carbons (Fsp3) is 0.214. The molecule has 124 valence electrons. The third-order valence-corrected chi connectivity index (χ3v) is 15.7. The van der Waals surface area contributed by atoms with Gasteiger partial charge >= 0.3 is 0 Å². The molecule has 1 aliphatic rings. The average molecular weight is 453 g/mol. The minimum Gasteiger partial charge on any atom is -0.329 e. The monoisotopic (exact) mass is 452 g/mol. The van der Waals surface area contributed by atoms with Gasteiger partial charge < -0.3 is 8.01 Å². The number of thiol groups is 1. The Balaban J connectivity index is 2.39. The van der Waals surface area contributed by atoms with Crippen molar-refractivity contribution in [1.29, 1.82) is 0 Å². The van der Waals surface area contributed by atoms with Crippen LogP contribution in [0.15, 0.2) is 54.2 Å². The summed E-state index contributed by atoms with van der Waals surface area (Å²) < 4.78 is -0.657. The number of nitrogens with zero attached hydrogens (tertiary/aromatic N) is 1. The van der Waals surface area contributed by atoms with Gasteiger partial charge in [-0.2, -0.15) is 0 Å². The second-order valence-electron chi connectivity index (χ2n) is 4.98. The van der Waals surface area contributed by atoms with Crippen LogP contribution >= 0.6 is 23.4 Å². The maximum atomic E-state index is 5.49. The first-order chi connectivity index (χ1) is 10.6. The molecule has 0 N–H and O–H groups in total. The van der Waals surface area contributed by atoms with Crippen molar-refractivity contribution in [2.45, 2.75) is 16.3 Å². The summed E-state index contributed by atoms with van der Waals surface area (Å²) in [6.45, 7) is 10.2. The van der Waals surface area contributed by atoms with E-state index < -0.39 is 18.3 Å². The molecule has 1 aromatic carbocycles. The lowest BCUT2D eigenvalue weighted by Gasteiger charge is -2.42. The van der Waals surface area contributed by atoms with Crippen LogP contribution in [0.1, 0.15) is 12.5 Å². The number of thioether (sulfide) groups is 1. The van der Waals surface area contributed by atoms with Crippen molar-refractivity contribution in [3.05, 3.63) is 54.8 Å². The summed E-state index contributed by atoms with van der Waals surface area (Å²) in [7, 11) is -0.837. The third kappa shape index (κ3) is 3.92. The second kappa shape index (κ2) is 7.49. The smallest absolute Gasteiger partial charge is 0.104 e. The van der Waals surface area contributed by atoms with Crippen LogP contribution in [0.3, 0.4) is 0 Å². The molecule has 23 heavy (non-hydrogen) atoms. The first-order valence-electron chi connectivity index (χ1n) is 6.34. The normalized spacial score (nSPS) is 21.1. The van der Waals surface area contributed by atoms with E-state index in [0.717, 1.165) is 16.2 Å². The van der Waals surface area contributed by atoms with Gasteiger partial charge in [-0.1, -0.05) is 68.4 Å². The largest absolute Gasteiger partial charge is 0.329 e. The van der Waals surface area contributed by atoms with Gasteiger partial charge in [0.2, 0.25) is 0 Å². The molecule has 1 unspecified atom stereocenters. The maximum absolute atomic E-state index is 5.49. The van der Waals surface area contributed by atoms with Gasteiger partial charge in [0.1, 0.15) is 5.04 Å². The zero-order valence-electron chi connectivity index (χ0n) is 12.1. The van der Waals surface area contributed by atoms with Crippen molar-refractivity contribution in [3.63, 3.8) is 0 Å². The first kappa shape index (κ1) is 20.0. The van der Waals surface area contributed by atoms with Crippen molar-refractivity contribution in [2.75, 3.05) is 0 Å². The van der Waals surface area contributed by atoms with E-state index in [-0.39, 0.29) is 5.25 Å². The van der Waals surface area contributed by atoms with Crippen LogP contribution in [-0.4, -0.2) is 14.4 Å². The molecular weight excluding hydrogens is 439 g/mol. The first-order valence-corrected chi connectivity index (χ1v) is 14.8. The van der Waals surface area contributed by atoms with Crippen molar-refractivity contribution in [2.24, 2.45) is 4.99 Å². The molecule has 0 spiro atoms. The lowest BCUT2D eigenvalue weighted by molar-refractivity contribution is 0.896. The van der Waals surface area contributed by atoms with Crippen LogP contribution in [-0.2, 0) is 58.9 Å². The lowest BCUT2D eigenvalue weighted by atomic mass is 10.1. The van der Waals surface area contributed by atoms with E-state index in [1.165, 1.54) is 0 Å². The molecule has 9 heteroatoms. The number of hydrogen-bond acceptors (Lipinski definition) is 7. The highest BCUT2D eigenvalue weighted by atomic mass is 33.5. The van der Waals surface area contributed by atoms with Crippen molar-refractivity contribution in [1.82, 2.24) is 0 Å². The third-order valence-electron chi connectivity index (χ3n) is 3.48. The molecule has 0 bridgehead atoms. The van der Waals surface area contributed by atoms with E-state index in [0.29, 0.717) is 5.70 Å². The Morgan fingerprint density at radius 1 is 1.35 bits per heavy atom. The number of benzene rings is 1. The van der Waals surface area contributed by atoms with Crippen LogP contribution in [0.5, 0.6) is 0 Å². The van der Waals surface area contributed by atoms with Gasteiger partial charge in [0.15, 0.2) is 0 Å². The summed E-state index contributed by atoms with van der Waals surface area (Å²) >= 11 is 27.8. The molecule has 1 aromatic rings. The lowest BCUT2D eigenvalue weighted by Crippen LogP contribution is -2.42. The minimum absolute atomic E-state index is 0.154.